The molecule has 0 saturated carbocycles. The smallest absolute Gasteiger partial charge is 0.179 e. The van der Waals surface area contributed by atoms with Gasteiger partial charge in [0.25, 0.3) is 0 Å². The van der Waals surface area contributed by atoms with Crippen LogP contribution in [0.2, 0.25) is 0 Å². The molecule has 0 unspecified atom stereocenters. The molecule has 1 nitrogen and oxygen atoms in total. The fraction of sp³-hybridized carbons (Fsp3) is 0.0323. The second-order valence-electron chi connectivity index (χ2n) is 16.6. The zero-order valence-electron chi connectivity index (χ0n) is 36.3. The predicted molar refractivity (Wildman–Crippen MR) is 276 cm³/mol. The Kier molecular flexibility index (Phi) is 11.3. The molecule has 0 aliphatic heterocycles. The van der Waals surface area contributed by atoms with Gasteiger partial charge >= 0.3 is 0 Å². The van der Waals surface area contributed by atoms with Crippen LogP contribution in [0, 0.1) is 13.8 Å². The van der Waals surface area contributed by atoms with Crippen molar-refractivity contribution >= 4 is 45.9 Å². The molecule has 0 aromatic heterocycles. The van der Waals surface area contributed by atoms with Crippen LogP contribution in [0.15, 0.2) is 261 Å². The molecule has 0 atom stereocenters. The molecule has 2 heteroatoms. The molecule has 0 fully saturated rings. The van der Waals surface area contributed by atoms with E-state index in [1.165, 1.54) is 76.4 Å². The van der Waals surface area contributed by atoms with E-state index in [1.54, 1.807) is 0 Å². The summed E-state index contributed by atoms with van der Waals surface area (Å²) in [5, 5.41) is 5.49. The second-order valence-corrected chi connectivity index (χ2v) is 20.4. The van der Waals surface area contributed by atoms with Crippen LogP contribution in [0.25, 0.3) is 44.5 Å². The molecule has 0 aliphatic rings. The number of rotatable bonds is 11. The van der Waals surface area contributed by atoms with Gasteiger partial charge in [0.15, 0.2) is 8.07 Å². The highest BCUT2D eigenvalue weighted by molar-refractivity contribution is 7.19. The fourth-order valence-electron chi connectivity index (χ4n) is 9.65. The molecule has 0 aliphatic carbocycles. The van der Waals surface area contributed by atoms with Gasteiger partial charge < -0.3 is 4.90 Å². The van der Waals surface area contributed by atoms with Gasteiger partial charge in [0.1, 0.15) is 0 Å². The highest BCUT2D eigenvalue weighted by atomic mass is 28.3. The quantitative estimate of drug-likeness (QED) is 0.0927. The molecule has 0 heterocycles. The van der Waals surface area contributed by atoms with Crippen molar-refractivity contribution in [2.24, 2.45) is 0 Å². The summed E-state index contributed by atoms with van der Waals surface area (Å²) in [5.41, 5.74) is 15.6. The van der Waals surface area contributed by atoms with Crippen molar-refractivity contribution in [2.75, 3.05) is 4.90 Å². The Morgan fingerprint density at radius 3 is 0.875 bits per heavy atom. The topological polar surface area (TPSA) is 3.24 Å². The van der Waals surface area contributed by atoms with E-state index in [4.69, 9.17) is 0 Å². The third kappa shape index (κ3) is 7.81. The van der Waals surface area contributed by atoms with Crippen molar-refractivity contribution in [3.05, 3.63) is 272 Å². The van der Waals surface area contributed by atoms with Gasteiger partial charge in [-0.25, -0.2) is 0 Å². The molecule has 0 amide bonds. The monoisotopic (exact) mass is 835 g/mol. The zero-order valence-corrected chi connectivity index (χ0v) is 37.3. The van der Waals surface area contributed by atoms with E-state index in [0.29, 0.717) is 0 Å². The number of anilines is 3. The van der Waals surface area contributed by atoms with Gasteiger partial charge in [0.2, 0.25) is 0 Å². The lowest BCUT2D eigenvalue weighted by atomic mass is 9.91. The average Bonchev–Trinajstić information content (AvgIpc) is 3.37. The van der Waals surface area contributed by atoms with Crippen molar-refractivity contribution in [1.29, 1.82) is 0 Å². The molecule has 0 bridgehead atoms. The Hall–Kier alpha value is -7.78. The molecule has 10 rings (SSSR count). The lowest BCUT2D eigenvalue weighted by molar-refractivity contribution is 1.28. The van der Waals surface area contributed by atoms with Gasteiger partial charge in [-0.15, -0.1) is 0 Å². The minimum absolute atomic E-state index is 1.10. The van der Waals surface area contributed by atoms with Crippen LogP contribution in [0.5, 0.6) is 0 Å². The summed E-state index contributed by atoms with van der Waals surface area (Å²) in [4.78, 5) is 2.36. The number of benzene rings is 10. The standard InChI is InChI=1S/C62H49NSi/c1-46-44-54(49-20-10-4-11-21-49)45-47(2)62(46)53-32-40-57(41-33-53)63(55-36-28-50(29-37-55)48-18-8-3-9-19-48)56-38-30-51(31-39-56)52-34-42-61(43-35-52)64(58-22-12-5-13-23-58,59-24-14-6-15-25-59)60-26-16-7-17-27-60/h3-45H,1-2H3. The zero-order chi connectivity index (χ0) is 43.3. The van der Waals surface area contributed by atoms with E-state index in [9.17, 15) is 0 Å². The first-order valence-corrected chi connectivity index (χ1v) is 24.2. The molecular formula is C62H49NSi. The average molecular weight is 836 g/mol. The third-order valence-electron chi connectivity index (χ3n) is 12.7. The molecule has 306 valence electrons. The predicted octanol–water partition coefficient (Wildman–Crippen LogP) is 13.8. The Labute approximate surface area is 379 Å². The van der Waals surface area contributed by atoms with Gasteiger partial charge in [-0.2, -0.15) is 0 Å². The number of nitrogens with zero attached hydrogens (tertiary/aromatic N) is 1. The first-order valence-electron chi connectivity index (χ1n) is 22.2. The summed E-state index contributed by atoms with van der Waals surface area (Å²) in [6.45, 7) is 4.46. The van der Waals surface area contributed by atoms with Crippen LogP contribution in [0.3, 0.4) is 0 Å². The van der Waals surface area contributed by atoms with Crippen LogP contribution >= 0.6 is 0 Å². The van der Waals surface area contributed by atoms with Crippen molar-refractivity contribution < 1.29 is 0 Å². The van der Waals surface area contributed by atoms with Gasteiger partial charge in [0, 0.05) is 17.1 Å². The Morgan fingerprint density at radius 1 is 0.250 bits per heavy atom. The minimum atomic E-state index is -2.60. The summed E-state index contributed by atoms with van der Waals surface area (Å²) >= 11 is 0. The molecule has 10 aromatic carbocycles. The van der Waals surface area contributed by atoms with E-state index in [1.807, 2.05) is 0 Å². The summed E-state index contributed by atoms with van der Waals surface area (Å²) in [5.74, 6) is 0. The number of hydrogen-bond acceptors (Lipinski definition) is 1. The van der Waals surface area contributed by atoms with Gasteiger partial charge in [-0.05, 0) is 127 Å². The SMILES string of the molecule is Cc1cc(-c2ccccc2)cc(C)c1-c1ccc(N(c2ccc(-c3ccccc3)cc2)c2ccc(-c3ccc([Si](c4ccccc4)(c4ccccc4)c4ccccc4)cc3)cc2)cc1. The fourth-order valence-corrected chi connectivity index (χ4v) is 14.4. The minimum Gasteiger partial charge on any atom is -0.311 e. The second kappa shape index (κ2) is 17.9. The van der Waals surface area contributed by atoms with Crippen LogP contribution in [0.1, 0.15) is 11.1 Å². The summed E-state index contributed by atoms with van der Waals surface area (Å²) in [6.07, 6.45) is 0. The van der Waals surface area contributed by atoms with Crippen LogP contribution < -0.4 is 25.6 Å². The lowest BCUT2D eigenvalue weighted by Crippen LogP contribution is -2.74. The van der Waals surface area contributed by atoms with Crippen molar-refractivity contribution in [3.63, 3.8) is 0 Å². The maximum absolute atomic E-state index is 2.60. The van der Waals surface area contributed by atoms with Gasteiger partial charge in [0.05, 0.1) is 0 Å². The molecule has 0 saturated heterocycles. The molecule has 0 N–H and O–H groups in total. The highest BCUT2D eigenvalue weighted by Gasteiger charge is 2.41. The van der Waals surface area contributed by atoms with Crippen LogP contribution in [-0.4, -0.2) is 8.07 Å². The highest BCUT2D eigenvalue weighted by Crippen LogP contribution is 2.39. The molecule has 10 aromatic rings. The molecule has 0 spiro atoms. The lowest BCUT2D eigenvalue weighted by Gasteiger charge is -2.34. The van der Waals surface area contributed by atoms with E-state index in [-0.39, 0.29) is 0 Å². The van der Waals surface area contributed by atoms with Crippen molar-refractivity contribution in [1.82, 2.24) is 0 Å². The molecule has 64 heavy (non-hydrogen) atoms. The van der Waals surface area contributed by atoms with Gasteiger partial charge in [-0.3, -0.25) is 0 Å². The van der Waals surface area contributed by atoms with Crippen molar-refractivity contribution in [3.8, 4) is 44.5 Å². The van der Waals surface area contributed by atoms with E-state index >= 15 is 0 Å². The van der Waals surface area contributed by atoms with Crippen LogP contribution in [0.4, 0.5) is 17.1 Å². The van der Waals surface area contributed by atoms with Gasteiger partial charge in [-0.1, -0.05) is 224 Å². The van der Waals surface area contributed by atoms with Crippen LogP contribution in [-0.2, 0) is 0 Å². The third-order valence-corrected chi connectivity index (χ3v) is 17.5. The number of aryl methyl sites for hydroxylation is 2. The molecular weight excluding hydrogens is 787 g/mol. The largest absolute Gasteiger partial charge is 0.311 e. The maximum Gasteiger partial charge on any atom is 0.179 e. The molecule has 0 radical (unpaired) electrons. The Balaban J connectivity index is 1.00. The maximum atomic E-state index is 2.38. The first kappa shape index (κ1) is 40.3. The van der Waals surface area contributed by atoms with Crippen molar-refractivity contribution in [2.45, 2.75) is 13.8 Å². The summed E-state index contributed by atoms with van der Waals surface area (Å²) in [7, 11) is -2.60. The first-order chi connectivity index (χ1) is 31.6. The summed E-state index contributed by atoms with van der Waals surface area (Å²) < 4.78 is 0. The number of hydrogen-bond donors (Lipinski definition) is 0. The van der Waals surface area contributed by atoms with E-state index < -0.39 is 8.07 Å². The Morgan fingerprint density at radius 2 is 0.516 bits per heavy atom. The van der Waals surface area contributed by atoms with E-state index in [2.05, 4.69) is 280 Å². The van der Waals surface area contributed by atoms with E-state index in [0.717, 1.165) is 17.1 Å². The normalized spacial score (nSPS) is 11.3. The summed E-state index contributed by atoms with van der Waals surface area (Å²) in [6, 6.07) is 95.7. The Bertz CT molecular complexity index is 2970.